The van der Waals surface area contributed by atoms with Crippen LogP contribution in [0.3, 0.4) is 0 Å². The van der Waals surface area contributed by atoms with E-state index in [1.54, 1.807) is 20.8 Å². The Morgan fingerprint density at radius 3 is 2.52 bits per heavy atom. The Labute approximate surface area is 122 Å². The average molecular weight is 296 g/mol. The van der Waals surface area contributed by atoms with Crippen molar-refractivity contribution in [1.82, 2.24) is 0 Å². The molecule has 5 N–H and O–H groups in total. The fourth-order valence-electron chi connectivity index (χ4n) is 1.57. The molecular formula is C14H20N2O5. The molecule has 1 rings (SSSR count). The lowest BCUT2D eigenvalue weighted by molar-refractivity contribution is -0.138. The van der Waals surface area contributed by atoms with Gasteiger partial charge in [0, 0.05) is 12.1 Å². The van der Waals surface area contributed by atoms with Gasteiger partial charge in [0.15, 0.2) is 0 Å². The maximum Gasteiger partial charge on any atom is 0.412 e. The summed E-state index contributed by atoms with van der Waals surface area (Å²) in [6.45, 7) is 5.21. The Balaban J connectivity index is 2.82. The molecule has 0 saturated carbocycles. The van der Waals surface area contributed by atoms with Crippen LogP contribution in [0.2, 0.25) is 0 Å². The van der Waals surface area contributed by atoms with Crippen LogP contribution in [-0.4, -0.2) is 33.9 Å². The van der Waals surface area contributed by atoms with Crippen molar-refractivity contribution in [2.45, 2.75) is 38.8 Å². The molecule has 0 radical (unpaired) electrons. The van der Waals surface area contributed by atoms with E-state index in [-0.39, 0.29) is 12.2 Å². The molecule has 21 heavy (non-hydrogen) atoms. The van der Waals surface area contributed by atoms with Crippen LogP contribution in [0, 0.1) is 0 Å². The lowest BCUT2D eigenvalue weighted by Crippen LogP contribution is -2.32. The first kappa shape index (κ1) is 16.8. The number of hydrogen-bond donors (Lipinski definition) is 4. The van der Waals surface area contributed by atoms with Gasteiger partial charge in [-0.1, -0.05) is 0 Å². The largest absolute Gasteiger partial charge is 0.508 e. The Kier molecular flexibility index (Phi) is 5.15. The molecule has 0 heterocycles. The number of carboxylic acids is 1. The van der Waals surface area contributed by atoms with Crippen molar-refractivity contribution in [3.8, 4) is 5.75 Å². The standard InChI is InChI=1S/C14H20N2O5/c1-14(2,3)21-13(20)16-9-4-5-11(17)8(6-9)7-10(15)12(18)19/h4-6,10,17H,7,15H2,1-3H3,(H,16,20)(H,18,19). The highest BCUT2D eigenvalue weighted by Gasteiger charge is 2.18. The minimum Gasteiger partial charge on any atom is -0.508 e. The van der Waals surface area contributed by atoms with Crippen LogP contribution in [0.15, 0.2) is 18.2 Å². The minimum absolute atomic E-state index is 0.0506. The van der Waals surface area contributed by atoms with Gasteiger partial charge in [-0.05, 0) is 44.5 Å². The quantitative estimate of drug-likeness (QED) is 0.627. The monoisotopic (exact) mass is 296 g/mol. The zero-order valence-electron chi connectivity index (χ0n) is 12.2. The number of carbonyl (C=O) groups is 2. The number of ether oxygens (including phenoxy) is 1. The first-order chi connectivity index (χ1) is 9.58. The molecule has 0 aliphatic heterocycles. The van der Waals surface area contributed by atoms with Crippen molar-refractivity contribution in [3.05, 3.63) is 23.8 Å². The third kappa shape index (κ3) is 5.70. The van der Waals surface area contributed by atoms with Crippen molar-refractivity contribution in [1.29, 1.82) is 0 Å². The van der Waals surface area contributed by atoms with Crippen LogP contribution >= 0.6 is 0 Å². The van der Waals surface area contributed by atoms with Gasteiger partial charge >= 0.3 is 12.1 Å². The highest BCUT2D eigenvalue weighted by Crippen LogP contribution is 2.23. The van der Waals surface area contributed by atoms with Gasteiger partial charge in [-0.15, -0.1) is 0 Å². The Morgan fingerprint density at radius 2 is 2.00 bits per heavy atom. The maximum atomic E-state index is 11.6. The van der Waals surface area contributed by atoms with Gasteiger partial charge in [-0.2, -0.15) is 0 Å². The van der Waals surface area contributed by atoms with Gasteiger partial charge < -0.3 is 20.7 Å². The molecular weight excluding hydrogens is 276 g/mol. The van der Waals surface area contributed by atoms with E-state index in [9.17, 15) is 14.7 Å². The van der Waals surface area contributed by atoms with E-state index in [4.69, 9.17) is 15.6 Å². The molecule has 0 aliphatic rings. The van der Waals surface area contributed by atoms with E-state index < -0.39 is 23.7 Å². The van der Waals surface area contributed by atoms with Crippen LogP contribution in [0.25, 0.3) is 0 Å². The number of benzene rings is 1. The summed E-state index contributed by atoms with van der Waals surface area (Å²) >= 11 is 0. The molecule has 1 atom stereocenters. The Hall–Kier alpha value is -2.28. The van der Waals surface area contributed by atoms with Crippen LogP contribution in [0.4, 0.5) is 10.5 Å². The third-order valence-electron chi connectivity index (χ3n) is 2.48. The predicted molar refractivity (Wildman–Crippen MR) is 77.3 cm³/mol. The number of phenols is 1. The molecule has 0 fully saturated rings. The number of amides is 1. The second-order valence-corrected chi connectivity index (χ2v) is 5.62. The number of aliphatic carboxylic acids is 1. The van der Waals surface area contributed by atoms with Crippen molar-refractivity contribution in [3.63, 3.8) is 0 Å². The summed E-state index contributed by atoms with van der Waals surface area (Å²) in [6.07, 6.45) is -0.688. The smallest absolute Gasteiger partial charge is 0.412 e. The van der Waals surface area contributed by atoms with Crippen LogP contribution < -0.4 is 11.1 Å². The zero-order valence-corrected chi connectivity index (χ0v) is 12.2. The van der Waals surface area contributed by atoms with Crippen molar-refractivity contribution in [2.24, 2.45) is 5.73 Å². The lowest BCUT2D eigenvalue weighted by atomic mass is 10.0. The zero-order chi connectivity index (χ0) is 16.2. The molecule has 7 heteroatoms. The summed E-state index contributed by atoms with van der Waals surface area (Å²) in [5, 5.41) is 21.0. The number of phenolic OH excluding ortho intramolecular Hbond substituents is 1. The minimum atomic E-state index is -1.17. The predicted octanol–water partition coefficient (Wildman–Crippen LogP) is 1.69. The van der Waals surface area contributed by atoms with E-state index >= 15 is 0 Å². The number of nitrogens with one attached hydrogen (secondary N) is 1. The Bertz CT molecular complexity index is 537. The average Bonchev–Trinajstić information content (AvgIpc) is 2.30. The number of carbonyl (C=O) groups excluding carboxylic acids is 1. The molecule has 1 aromatic carbocycles. The van der Waals surface area contributed by atoms with E-state index in [1.807, 2.05) is 0 Å². The van der Waals surface area contributed by atoms with E-state index in [0.717, 1.165) is 0 Å². The number of nitrogens with two attached hydrogens (primary N) is 1. The number of carboxylic acid groups (broad SMARTS) is 1. The lowest BCUT2D eigenvalue weighted by Gasteiger charge is -2.20. The normalized spacial score (nSPS) is 12.6. The summed E-state index contributed by atoms with van der Waals surface area (Å²) in [5.74, 6) is -1.25. The molecule has 1 aromatic rings. The number of hydrogen-bond acceptors (Lipinski definition) is 5. The summed E-state index contributed by atoms with van der Waals surface area (Å²) in [7, 11) is 0. The van der Waals surface area contributed by atoms with Crippen LogP contribution in [0.5, 0.6) is 5.75 Å². The fourth-order valence-corrected chi connectivity index (χ4v) is 1.57. The van der Waals surface area contributed by atoms with Crippen molar-refractivity contribution < 1.29 is 24.5 Å². The molecule has 116 valence electrons. The second kappa shape index (κ2) is 6.45. The summed E-state index contributed by atoms with van der Waals surface area (Å²) in [4.78, 5) is 22.4. The molecule has 0 spiro atoms. The molecule has 1 amide bonds. The third-order valence-corrected chi connectivity index (χ3v) is 2.48. The highest BCUT2D eigenvalue weighted by molar-refractivity contribution is 5.85. The molecule has 1 unspecified atom stereocenters. The number of aromatic hydroxyl groups is 1. The van der Waals surface area contributed by atoms with Gasteiger partial charge in [0.25, 0.3) is 0 Å². The van der Waals surface area contributed by atoms with Gasteiger partial charge in [0.2, 0.25) is 0 Å². The first-order valence-corrected chi connectivity index (χ1v) is 6.39. The maximum absolute atomic E-state index is 11.6. The highest BCUT2D eigenvalue weighted by atomic mass is 16.6. The van der Waals surface area contributed by atoms with Gasteiger partial charge in [0.1, 0.15) is 17.4 Å². The molecule has 0 saturated heterocycles. The first-order valence-electron chi connectivity index (χ1n) is 6.39. The summed E-state index contributed by atoms with van der Waals surface area (Å²) in [6, 6.07) is 3.17. The van der Waals surface area contributed by atoms with Gasteiger partial charge in [0.05, 0.1) is 0 Å². The molecule has 0 aromatic heterocycles. The topological polar surface area (TPSA) is 122 Å². The van der Waals surface area contributed by atoms with Crippen molar-refractivity contribution >= 4 is 17.7 Å². The molecule has 0 aliphatic carbocycles. The van der Waals surface area contributed by atoms with E-state index in [2.05, 4.69) is 5.32 Å². The molecule has 7 nitrogen and oxygen atoms in total. The summed E-state index contributed by atoms with van der Waals surface area (Å²) in [5.41, 5.74) is 5.52. The van der Waals surface area contributed by atoms with Crippen molar-refractivity contribution in [2.75, 3.05) is 5.32 Å². The van der Waals surface area contributed by atoms with Gasteiger partial charge in [-0.25, -0.2) is 4.79 Å². The molecule has 0 bridgehead atoms. The van der Waals surface area contributed by atoms with Crippen LogP contribution in [-0.2, 0) is 16.0 Å². The van der Waals surface area contributed by atoms with E-state index in [0.29, 0.717) is 11.3 Å². The Morgan fingerprint density at radius 1 is 1.38 bits per heavy atom. The SMILES string of the molecule is CC(C)(C)OC(=O)Nc1ccc(O)c(CC(N)C(=O)O)c1. The van der Waals surface area contributed by atoms with Gasteiger partial charge in [-0.3, -0.25) is 10.1 Å². The fraction of sp³-hybridized carbons (Fsp3) is 0.429. The van der Waals surface area contributed by atoms with Crippen LogP contribution in [0.1, 0.15) is 26.3 Å². The van der Waals surface area contributed by atoms with E-state index in [1.165, 1.54) is 18.2 Å². The number of rotatable bonds is 4. The number of anilines is 1. The second-order valence-electron chi connectivity index (χ2n) is 5.62. The summed E-state index contributed by atoms with van der Waals surface area (Å²) < 4.78 is 5.10.